The Kier molecular flexibility index (Phi) is 6.58. The number of ether oxygens (including phenoxy) is 1. The van der Waals surface area contributed by atoms with Gasteiger partial charge >= 0.3 is 5.91 Å². The van der Waals surface area contributed by atoms with Crippen molar-refractivity contribution in [2.24, 2.45) is 5.92 Å². The van der Waals surface area contributed by atoms with E-state index in [4.69, 9.17) is 9.15 Å². The number of halogens is 2. The summed E-state index contributed by atoms with van der Waals surface area (Å²) in [5.74, 6) is -2.48. The van der Waals surface area contributed by atoms with Crippen LogP contribution in [-0.4, -0.2) is 21.4 Å². The van der Waals surface area contributed by atoms with Crippen molar-refractivity contribution in [3.05, 3.63) is 84.1 Å². The van der Waals surface area contributed by atoms with Crippen LogP contribution in [0, 0.1) is 17.6 Å². The Morgan fingerprint density at radius 1 is 1.06 bits per heavy atom. The topological polar surface area (TPSA) is 98.4 Å². The molecule has 8 nitrogen and oxygen atoms in total. The SMILES string of the molecule is CC(C)C(C(=O)NNC(=O)c1ccc(COc2ccccc2)o1)n1cnc2cc(F)c(F)cc21. The van der Waals surface area contributed by atoms with Crippen LogP contribution in [0.1, 0.15) is 36.2 Å². The zero-order valence-electron chi connectivity index (χ0n) is 18.4. The molecule has 2 amide bonds. The first-order valence-electron chi connectivity index (χ1n) is 10.5. The molecular weight excluding hydrogens is 446 g/mol. The highest BCUT2D eigenvalue weighted by Gasteiger charge is 2.27. The Bertz CT molecular complexity index is 1320. The third-order valence-electron chi connectivity index (χ3n) is 5.13. The molecular formula is C24H22F2N4O4. The van der Waals surface area contributed by atoms with E-state index >= 15 is 0 Å². The lowest BCUT2D eigenvalue weighted by molar-refractivity contribution is -0.126. The van der Waals surface area contributed by atoms with Gasteiger partial charge in [-0.2, -0.15) is 0 Å². The van der Waals surface area contributed by atoms with Gasteiger partial charge in [0.2, 0.25) is 0 Å². The Hall–Kier alpha value is -4.21. The summed E-state index contributed by atoms with van der Waals surface area (Å²) in [6, 6.07) is 13.3. The standard InChI is InChI=1S/C24H22F2N4O4/c1-14(2)22(30-13-27-19-10-17(25)18(26)11-20(19)30)24(32)29-28-23(31)21-9-8-16(34-21)12-33-15-6-4-3-5-7-15/h3-11,13-14,22H,12H2,1-2H3,(H,28,31)(H,29,32). The quantitative estimate of drug-likeness (QED) is 0.397. The van der Waals surface area contributed by atoms with E-state index in [1.807, 2.05) is 18.2 Å². The molecule has 1 atom stereocenters. The van der Waals surface area contributed by atoms with E-state index in [-0.39, 0.29) is 29.3 Å². The number of hydrogen-bond acceptors (Lipinski definition) is 5. The number of carbonyl (C=O) groups is 2. The van der Waals surface area contributed by atoms with Gasteiger partial charge in [-0.15, -0.1) is 0 Å². The second kappa shape index (κ2) is 9.74. The Morgan fingerprint density at radius 2 is 1.79 bits per heavy atom. The number of amides is 2. The molecule has 0 bridgehead atoms. The summed E-state index contributed by atoms with van der Waals surface area (Å²) in [6.45, 7) is 3.69. The highest BCUT2D eigenvalue weighted by Crippen LogP contribution is 2.25. The molecule has 1 unspecified atom stereocenters. The molecule has 0 spiro atoms. The zero-order valence-corrected chi connectivity index (χ0v) is 18.4. The van der Waals surface area contributed by atoms with Crippen molar-refractivity contribution >= 4 is 22.8 Å². The molecule has 0 aliphatic rings. The van der Waals surface area contributed by atoms with Gasteiger partial charge in [-0.3, -0.25) is 20.4 Å². The van der Waals surface area contributed by atoms with Crippen molar-refractivity contribution < 1.29 is 27.5 Å². The number of benzene rings is 2. The molecule has 0 aliphatic heterocycles. The van der Waals surface area contributed by atoms with E-state index in [2.05, 4.69) is 15.8 Å². The fourth-order valence-electron chi connectivity index (χ4n) is 3.50. The molecule has 2 heterocycles. The van der Waals surface area contributed by atoms with E-state index in [1.165, 1.54) is 17.0 Å². The molecule has 0 aliphatic carbocycles. The monoisotopic (exact) mass is 468 g/mol. The smallest absolute Gasteiger partial charge is 0.305 e. The molecule has 0 radical (unpaired) electrons. The van der Waals surface area contributed by atoms with Crippen LogP contribution in [0.25, 0.3) is 11.0 Å². The Morgan fingerprint density at radius 3 is 2.53 bits per heavy atom. The number of fused-ring (bicyclic) bond motifs is 1. The maximum atomic E-state index is 13.8. The second-order valence-corrected chi connectivity index (χ2v) is 7.91. The fourth-order valence-corrected chi connectivity index (χ4v) is 3.50. The normalized spacial score (nSPS) is 12.0. The highest BCUT2D eigenvalue weighted by atomic mass is 19.2. The third-order valence-corrected chi connectivity index (χ3v) is 5.13. The first kappa shape index (κ1) is 23.0. The van der Waals surface area contributed by atoms with Crippen LogP contribution >= 0.6 is 0 Å². The number of hydrogen-bond donors (Lipinski definition) is 2. The number of imidazole rings is 1. The van der Waals surface area contributed by atoms with Crippen molar-refractivity contribution in [1.29, 1.82) is 0 Å². The van der Waals surface area contributed by atoms with Crippen LogP contribution < -0.4 is 15.6 Å². The number of furan rings is 1. The van der Waals surface area contributed by atoms with E-state index in [0.717, 1.165) is 12.1 Å². The predicted octanol–water partition coefficient (Wildman–Crippen LogP) is 4.14. The van der Waals surface area contributed by atoms with Gasteiger partial charge in [0.05, 0.1) is 17.4 Å². The van der Waals surface area contributed by atoms with Gasteiger partial charge in [0.15, 0.2) is 17.4 Å². The number of hydrazine groups is 1. The number of nitrogens with one attached hydrogen (secondary N) is 2. The second-order valence-electron chi connectivity index (χ2n) is 7.91. The van der Waals surface area contributed by atoms with Crippen molar-refractivity contribution in [2.75, 3.05) is 0 Å². The zero-order chi connectivity index (χ0) is 24.2. The van der Waals surface area contributed by atoms with Crippen LogP contribution in [0.2, 0.25) is 0 Å². The van der Waals surface area contributed by atoms with Gasteiger partial charge < -0.3 is 13.7 Å². The van der Waals surface area contributed by atoms with Crippen molar-refractivity contribution in [3.63, 3.8) is 0 Å². The lowest BCUT2D eigenvalue weighted by Gasteiger charge is -2.22. The average molecular weight is 468 g/mol. The van der Waals surface area contributed by atoms with Crippen LogP contribution in [0.3, 0.4) is 0 Å². The summed E-state index contributed by atoms with van der Waals surface area (Å²) in [5.41, 5.74) is 5.14. The predicted molar refractivity (Wildman–Crippen MR) is 119 cm³/mol. The van der Waals surface area contributed by atoms with Crippen molar-refractivity contribution in [3.8, 4) is 5.75 Å². The number of nitrogens with zero attached hydrogens (tertiary/aromatic N) is 2. The number of aromatic nitrogens is 2. The fraction of sp³-hybridized carbons (Fsp3) is 0.208. The van der Waals surface area contributed by atoms with E-state index < -0.39 is 29.5 Å². The molecule has 2 aromatic carbocycles. The lowest BCUT2D eigenvalue weighted by atomic mass is 10.0. The van der Waals surface area contributed by atoms with E-state index in [9.17, 15) is 18.4 Å². The summed E-state index contributed by atoms with van der Waals surface area (Å²) in [4.78, 5) is 29.4. The van der Waals surface area contributed by atoms with Gasteiger partial charge in [0.25, 0.3) is 5.91 Å². The summed E-state index contributed by atoms with van der Waals surface area (Å²) >= 11 is 0. The lowest BCUT2D eigenvalue weighted by Crippen LogP contribution is -2.46. The molecule has 2 N–H and O–H groups in total. The first-order chi connectivity index (χ1) is 16.3. The van der Waals surface area contributed by atoms with Crippen LogP contribution in [0.5, 0.6) is 5.75 Å². The summed E-state index contributed by atoms with van der Waals surface area (Å²) < 4.78 is 39.8. The molecule has 34 heavy (non-hydrogen) atoms. The molecule has 4 aromatic rings. The molecule has 0 fully saturated rings. The Balaban J connectivity index is 1.40. The van der Waals surface area contributed by atoms with E-state index in [0.29, 0.717) is 11.5 Å². The van der Waals surface area contributed by atoms with Crippen LogP contribution in [0.15, 0.2) is 65.3 Å². The maximum absolute atomic E-state index is 13.8. The van der Waals surface area contributed by atoms with Gasteiger partial charge in [-0.05, 0) is 30.2 Å². The van der Waals surface area contributed by atoms with Gasteiger partial charge in [0.1, 0.15) is 24.2 Å². The molecule has 0 saturated carbocycles. The number of carbonyl (C=O) groups excluding carboxylic acids is 2. The summed E-state index contributed by atoms with van der Waals surface area (Å²) in [5, 5.41) is 0. The minimum absolute atomic E-state index is 0.0151. The molecule has 10 heteroatoms. The van der Waals surface area contributed by atoms with Crippen molar-refractivity contribution in [1.82, 2.24) is 20.4 Å². The number of rotatable bonds is 7. The van der Waals surface area contributed by atoms with E-state index in [1.54, 1.807) is 32.0 Å². The first-order valence-corrected chi connectivity index (χ1v) is 10.5. The maximum Gasteiger partial charge on any atom is 0.305 e. The largest absolute Gasteiger partial charge is 0.486 e. The van der Waals surface area contributed by atoms with Gasteiger partial charge in [0, 0.05) is 12.1 Å². The minimum atomic E-state index is -1.05. The third kappa shape index (κ3) is 4.90. The Labute approximate surface area is 193 Å². The number of para-hydroxylation sites is 1. The summed E-state index contributed by atoms with van der Waals surface area (Å²) in [7, 11) is 0. The molecule has 0 saturated heterocycles. The highest BCUT2D eigenvalue weighted by molar-refractivity contribution is 5.93. The van der Waals surface area contributed by atoms with Crippen LogP contribution in [0.4, 0.5) is 8.78 Å². The van der Waals surface area contributed by atoms with Crippen LogP contribution in [-0.2, 0) is 11.4 Å². The minimum Gasteiger partial charge on any atom is -0.486 e. The summed E-state index contributed by atoms with van der Waals surface area (Å²) in [6.07, 6.45) is 1.33. The molecule has 4 rings (SSSR count). The van der Waals surface area contributed by atoms with Crippen molar-refractivity contribution in [2.45, 2.75) is 26.5 Å². The molecule has 176 valence electrons. The molecule has 2 aromatic heterocycles. The van der Waals surface area contributed by atoms with Gasteiger partial charge in [-0.1, -0.05) is 32.0 Å². The van der Waals surface area contributed by atoms with Gasteiger partial charge in [-0.25, -0.2) is 13.8 Å². The average Bonchev–Trinajstić information content (AvgIpc) is 3.45.